The maximum absolute atomic E-state index is 12.1. The van der Waals surface area contributed by atoms with E-state index >= 15 is 0 Å². The Bertz CT molecular complexity index is 382. The summed E-state index contributed by atoms with van der Waals surface area (Å²) in [5.74, 6) is -0.137. The second-order valence-electron chi connectivity index (χ2n) is 6.96. The van der Waals surface area contributed by atoms with E-state index in [9.17, 15) is 4.79 Å². The first-order chi connectivity index (χ1) is 9.10. The number of ketones is 1. The fraction of sp³-hybridized carbons (Fsp3) is 0.800. The molecule has 0 unspecified atom stereocenters. The zero-order valence-corrected chi connectivity index (χ0v) is 14.8. The molecule has 0 spiro atoms. The summed E-state index contributed by atoms with van der Waals surface area (Å²) >= 11 is 0. The van der Waals surface area contributed by atoms with Gasteiger partial charge in [0.2, 0.25) is 0 Å². The van der Waals surface area contributed by atoms with Gasteiger partial charge in [-0.3, -0.25) is 4.79 Å². The molecule has 5 heteroatoms. The fourth-order valence-corrected chi connectivity index (χ4v) is 2.98. The lowest BCUT2D eigenvalue weighted by Crippen LogP contribution is -2.43. The number of hydrogen-bond donors (Lipinski definition) is 0. The first kappa shape index (κ1) is 17.6. The molecule has 0 saturated carbocycles. The second-order valence-corrected chi connectivity index (χ2v) is 11.8. The zero-order valence-electron chi connectivity index (χ0n) is 13.8. The summed E-state index contributed by atoms with van der Waals surface area (Å²) in [7, 11) is -0.267. The molecular formula is C15H28O4Si. The third-order valence-electron chi connectivity index (χ3n) is 4.34. The van der Waals surface area contributed by atoms with Gasteiger partial charge in [0, 0.05) is 13.7 Å². The Hall–Kier alpha value is -0.493. The van der Waals surface area contributed by atoms with Gasteiger partial charge in [-0.05, 0) is 36.7 Å². The highest BCUT2D eigenvalue weighted by Gasteiger charge is 2.41. The van der Waals surface area contributed by atoms with Crippen molar-refractivity contribution in [2.75, 3.05) is 20.5 Å². The Morgan fingerprint density at radius 2 is 1.90 bits per heavy atom. The van der Waals surface area contributed by atoms with Crippen LogP contribution in [0.4, 0.5) is 0 Å². The van der Waals surface area contributed by atoms with Gasteiger partial charge in [0.25, 0.3) is 0 Å². The van der Waals surface area contributed by atoms with Crippen LogP contribution in [0.3, 0.4) is 0 Å². The van der Waals surface area contributed by atoms with Crippen LogP contribution < -0.4 is 0 Å². The number of ether oxygens (including phenoxy) is 2. The largest absolute Gasteiger partial charge is 0.416 e. The maximum atomic E-state index is 12.1. The van der Waals surface area contributed by atoms with Crippen molar-refractivity contribution in [3.8, 4) is 0 Å². The SMILES string of the molecule is COCO[C@H]1C(C)=CC(=O)[C@H]1CO[Si](C)(C)C(C)(C)C. The Labute approximate surface area is 123 Å². The maximum Gasteiger partial charge on any atom is 0.192 e. The molecule has 0 saturated heterocycles. The van der Waals surface area contributed by atoms with Crippen LogP contribution in [0.15, 0.2) is 11.6 Å². The Kier molecular flexibility index (Phi) is 5.72. The molecule has 0 radical (unpaired) electrons. The molecule has 0 heterocycles. The topological polar surface area (TPSA) is 44.8 Å². The molecule has 0 amide bonds. The minimum atomic E-state index is -1.85. The van der Waals surface area contributed by atoms with Gasteiger partial charge < -0.3 is 13.9 Å². The summed E-state index contributed by atoms with van der Waals surface area (Å²) in [6.45, 7) is 13.5. The minimum absolute atomic E-state index is 0.0994. The van der Waals surface area contributed by atoms with Crippen LogP contribution in [-0.2, 0) is 18.7 Å². The third kappa shape index (κ3) is 4.01. The molecule has 1 rings (SSSR count). The Balaban J connectivity index is 2.68. The molecule has 0 fully saturated rings. The van der Waals surface area contributed by atoms with Crippen molar-refractivity contribution in [3.05, 3.63) is 11.6 Å². The molecule has 20 heavy (non-hydrogen) atoms. The first-order valence-corrected chi connectivity index (χ1v) is 9.97. The smallest absolute Gasteiger partial charge is 0.192 e. The van der Waals surface area contributed by atoms with Crippen LogP contribution in [0.1, 0.15) is 27.7 Å². The highest BCUT2D eigenvalue weighted by atomic mass is 28.4. The highest BCUT2D eigenvalue weighted by Crippen LogP contribution is 2.37. The minimum Gasteiger partial charge on any atom is -0.416 e. The van der Waals surface area contributed by atoms with Crippen molar-refractivity contribution in [2.45, 2.75) is 51.9 Å². The lowest BCUT2D eigenvalue weighted by Gasteiger charge is -2.37. The molecule has 0 N–H and O–H groups in total. The van der Waals surface area contributed by atoms with Gasteiger partial charge in [0.15, 0.2) is 14.1 Å². The highest BCUT2D eigenvalue weighted by molar-refractivity contribution is 6.74. The van der Waals surface area contributed by atoms with Gasteiger partial charge in [-0.25, -0.2) is 0 Å². The summed E-state index contributed by atoms with van der Waals surface area (Å²) in [6.07, 6.45) is 1.45. The molecular weight excluding hydrogens is 272 g/mol. The van der Waals surface area contributed by atoms with Gasteiger partial charge in [0.1, 0.15) is 6.79 Å². The van der Waals surface area contributed by atoms with E-state index in [-0.39, 0.29) is 29.6 Å². The lowest BCUT2D eigenvalue weighted by molar-refractivity contribution is -0.126. The van der Waals surface area contributed by atoms with E-state index in [1.165, 1.54) is 0 Å². The van der Waals surface area contributed by atoms with Crippen LogP contribution in [0, 0.1) is 5.92 Å². The van der Waals surface area contributed by atoms with Crippen LogP contribution >= 0.6 is 0 Å². The van der Waals surface area contributed by atoms with E-state index in [0.29, 0.717) is 6.61 Å². The monoisotopic (exact) mass is 300 g/mol. The summed E-state index contributed by atoms with van der Waals surface area (Å²) in [4.78, 5) is 12.1. The number of carbonyl (C=O) groups excluding carboxylic acids is 1. The van der Waals surface area contributed by atoms with E-state index in [0.717, 1.165) is 5.57 Å². The summed E-state index contributed by atoms with van der Waals surface area (Å²) in [5, 5.41) is 0.139. The molecule has 1 aliphatic rings. The molecule has 0 aromatic rings. The molecule has 0 aliphatic heterocycles. The second kappa shape index (κ2) is 6.51. The van der Waals surface area contributed by atoms with E-state index in [1.54, 1.807) is 13.2 Å². The Morgan fingerprint density at radius 1 is 1.30 bits per heavy atom. The quantitative estimate of drug-likeness (QED) is 0.558. The summed E-state index contributed by atoms with van der Waals surface area (Å²) in [5.41, 5.74) is 0.955. The number of allylic oxidation sites excluding steroid dienone is 1. The van der Waals surface area contributed by atoms with Gasteiger partial charge in [-0.1, -0.05) is 20.8 Å². The normalized spacial score (nSPS) is 24.1. The van der Waals surface area contributed by atoms with E-state index in [4.69, 9.17) is 13.9 Å². The van der Waals surface area contributed by atoms with Crippen LogP contribution in [-0.4, -0.2) is 40.7 Å². The Morgan fingerprint density at radius 3 is 2.40 bits per heavy atom. The van der Waals surface area contributed by atoms with Gasteiger partial charge >= 0.3 is 0 Å². The molecule has 4 nitrogen and oxygen atoms in total. The van der Waals surface area contributed by atoms with E-state index in [1.807, 2.05) is 6.92 Å². The van der Waals surface area contributed by atoms with E-state index < -0.39 is 8.32 Å². The summed E-state index contributed by atoms with van der Waals surface area (Å²) < 4.78 is 16.7. The van der Waals surface area contributed by atoms with Crippen LogP contribution in [0.25, 0.3) is 0 Å². The lowest BCUT2D eigenvalue weighted by atomic mass is 10.0. The molecule has 2 atom stereocenters. The number of rotatable bonds is 6. The van der Waals surface area contributed by atoms with Crippen molar-refractivity contribution in [3.63, 3.8) is 0 Å². The van der Waals surface area contributed by atoms with Crippen molar-refractivity contribution in [1.82, 2.24) is 0 Å². The van der Waals surface area contributed by atoms with Crippen molar-refractivity contribution >= 4 is 14.1 Å². The average molecular weight is 300 g/mol. The predicted octanol–water partition coefficient (Wildman–Crippen LogP) is 3.14. The van der Waals surface area contributed by atoms with Crippen molar-refractivity contribution in [2.24, 2.45) is 5.92 Å². The fourth-order valence-electron chi connectivity index (χ4n) is 1.95. The van der Waals surface area contributed by atoms with Crippen LogP contribution in [0.2, 0.25) is 18.1 Å². The predicted molar refractivity (Wildman–Crippen MR) is 82.2 cm³/mol. The molecule has 116 valence electrons. The molecule has 0 bridgehead atoms. The van der Waals surface area contributed by atoms with Gasteiger partial charge in [0.05, 0.1) is 12.0 Å². The van der Waals surface area contributed by atoms with Crippen molar-refractivity contribution in [1.29, 1.82) is 0 Å². The average Bonchev–Trinajstić information content (AvgIpc) is 2.57. The van der Waals surface area contributed by atoms with Crippen molar-refractivity contribution < 1.29 is 18.7 Å². The third-order valence-corrected chi connectivity index (χ3v) is 8.85. The summed E-state index contributed by atoms with van der Waals surface area (Å²) in [6, 6.07) is 0. The van der Waals surface area contributed by atoms with Gasteiger partial charge in [-0.2, -0.15) is 0 Å². The van der Waals surface area contributed by atoms with Gasteiger partial charge in [-0.15, -0.1) is 0 Å². The number of methoxy groups -OCH3 is 1. The standard InChI is InChI=1S/C15H28O4Si/c1-11-8-13(16)12(14(11)18-10-17-5)9-19-20(6,7)15(2,3)4/h8,12,14H,9-10H2,1-7H3/t12-,14+/m1/s1. The van der Waals surface area contributed by atoms with E-state index in [2.05, 4.69) is 33.9 Å². The number of hydrogen-bond acceptors (Lipinski definition) is 4. The van der Waals surface area contributed by atoms with Crippen LogP contribution in [0.5, 0.6) is 0 Å². The zero-order chi connectivity index (χ0) is 15.6. The molecule has 0 aromatic heterocycles. The molecule has 1 aliphatic carbocycles. The number of carbonyl (C=O) groups is 1. The first-order valence-electron chi connectivity index (χ1n) is 7.06. The molecule has 0 aromatic carbocycles.